The van der Waals surface area contributed by atoms with Crippen molar-refractivity contribution in [2.45, 2.75) is 25.7 Å². The number of anilines is 2. The van der Waals surface area contributed by atoms with Crippen LogP contribution in [-0.4, -0.2) is 25.6 Å². The molecule has 1 aliphatic rings. The Kier molecular flexibility index (Phi) is 6.18. The molecule has 1 saturated heterocycles. The van der Waals surface area contributed by atoms with Gasteiger partial charge in [0.1, 0.15) is 5.75 Å². The Morgan fingerprint density at radius 2 is 1.72 bits per heavy atom. The number of amides is 1. The molecular formula is C20H23ClN2O2. The Hall–Kier alpha value is -2.20. The fraction of sp³-hybridized carbons (Fsp3) is 0.350. The molecule has 0 spiro atoms. The third kappa shape index (κ3) is 5.40. The largest absolute Gasteiger partial charge is 0.494 e. The number of ether oxygens (including phenoxy) is 1. The lowest BCUT2D eigenvalue weighted by molar-refractivity contribution is -0.116. The number of hydrogen-bond acceptors (Lipinski definition) is 3. The van der Waals surface area contributed by atoms with Crippen LogP contribution in [0.25, 0.3) is 0 Å². The van der Waals surface area contributed by atoms with E-state index in [-0.39, 0.29) is 5.91 Å². The summed E-state index contributed by atoms with van der Waals surface area (Å²) in [6.45, 7) is 2.75. The topological polar surface area (TPSA) is 41.6 Å². The maximum Gasteiger partial charge on any atom is 0.224 e. The van der Waals surface area contributed by atoms with E-state index >= 15 is 0 Å². The molecule has 4 nitrogen and oxygen atoms in total. The highest BCUT2D eigenvalue weighted by atomic mass is 35.5. The molecule has 0 bridgehead atoms. The van der Waals surface area contributed by atoms with Crippen LogP contribution in [0.4, 0.5) is 11.4 Å². The van der Waals surface area contributed by atoms with Crippen molar-refractivity contribution < 1.29 is 9.53 Å². The average molecular weight is 359 g/mol. The van der Waals surface area contributed by atoms with Gasteiger partial charge in [-0.1, -0.05) is 11.6 Å². The van der Waals surface area contributed by atoms with Crippen LogP contribution in [0.1, 0.15) is 25.7 Å². The molecule has 2 aromatic carbocycles. The predicted octanol–water partition coefficient (Wildman–Crippen LogP) is 4.74. The molecule has 0 atom stereocenters. The zero-order valence-electron chi connectivity index (χ0n) is 14.2. The maximum atomic E-state index is 12.0. The van der Waals surface area contributed by atoms with Crippen LogP contribution in [0.5, 0.6) is 5.75 Å². The van der Waals surface area contributed by atoms with E-state index in [0.717, 1.165) is 24.5 Å². The molecule has 0 saturated carbocycles. The Morgan fingerprint density at radius 3 is 2.40 bits per heavy atom. The predicted molar refractivity (Wildman–Crippen MR) is 103 cm³/mol. The van der Waals surface area contributed by atoms with Crippen molar-refractivity contribution in [1.29, 1.82) is 0 Å². The summed E-state index contributed by atoms with van der Waals surface area (Å²) in [6, 6.07) is 15.3. The second kappa shape index (κ2) is 8.77. The van der Waals surface area contributed by atoms with E-state index in [4.69, 9.17) is 16.3 Å². The maximum absolute atomic E-state index is 12.0. The quantitative estimate of drug-likeness (QED) is 0.727. The number of halogens is 1. The molecule has 5 heteroatoms. The van der Waals surface area contributed by atoms with Gasteiger partial charge in [0.05, 0.1) is 6.61 Å². The van der Waals surface area contributed by atoms with Crippen LogP contribution < -0.4 is 15.0 Å². The SMILES string of the molecule is O=C(CCCOc1ccc(Cl)cc1)Nc1ccc(N2CCCC2)cc1. The highest BCUT2D eigenvalue weighted by Gasteiger charge is 2.12. The lowest BCUT2D eigenvalue weighted by Gasteiger charge is -2.17. The van der Waals surface area contributed by atoms with E-state index in [1.54, 1.807) is 12.1 Å². The molecule has 1 aliphatic heterocycles. The summed E-state index contributed by atoms with van der Waals surface area (Å²) in [6.07, 6.45) is 3.62. The molecular weight excluding hydrogens is 336 g/mol. The summed E-state index contributed by atoms with van der Waals surface area (Å²) < 4.78 is 5.59. The van der Waals surface area contributed by atoms with Crippen molar-refractivity contribution in [3.63, 3.8) is 0 Å². The van der Waals surface area contributed by atoms with Gasteiger partial charge in [-0.25, -0.2) is 0 Å². The smallest absolute Gasteiger partial charge is 0.224 e. The van der Waals surface area contributed by atoms with Gasteiger partial charge in [-0.15, -0.1) is 0 Å². The highest BCUT2D eigenvalue weighted by molar-refractivity contribution is 6.30. The molecule has 1 amide bonds. The number of benzene rings is 2. The van der Waals surface area contributed by atoms with Crippen molar-refractivity contribution in [3.8, 4) is 5.75 Å². The van der Waals surface area contributed by atoms with E-state index in [1.165, 1.54) is 18.5 Å². The minimum atomic E-state index is 0.00799. The molecule has 0 radical (unpaired) electrons. The third-order valence-corrected chi connectivity index (χ3v) is 4.50. The normalized spacial score (nSPS) is 13.7. The van der Waals surface area contributed by atoms with Gasteiger partial charge in [0, 0.05) is 35.9 Å². The zero-order chi connectivity index (χ0) is 17.5. The van der Waals surface area contributed by atoms with Gasteiger partial charge < -0.3 is 15.0 Å². The van der Waals surface area contributed by atoms with Gasteiger partial charge in [-0.05, 0) is 67.8 Å². The minimum absolute atomic E-state index is 0.00799. The van der Waals surface area contributed by atoms with E-state index < -0.39 is 0 Å². The lowest BCUT2D eigenvalue weighted by Crippen LogP contribution is -2.17. The first kappa shape index (κ1) is 17.6. The molecule has 132 valence electrons. The van der Waals surface area contributed by atoms with E-state index in [0.29, 0.717) is 24.5 Å². The Morgan fingerprint density at radius 1 is 1.04 bits per heavy atom. The van der Waals surface area contributed by atoms with Crippen molar-refractivity contribution >= 4 is 28.9 Å². The number of hydrogen-bond donors (Lipinski definition) is 1. The number of nitrogens with zero attached hydrogens (tertiary/aromatic N) is 1. The summed E-state index contributed by atoms with van der Waals surface area (Å²) in [7, 11) is 0. The summed E-state index contributed by atoms with van der Waals surface area (Å²) >= 11 is 5.83. The monoisotopic (exact) mass is 358 g/mol. The average Bonchev–Trinajstić information content (AvgIpc) is 3.15. The number of carbonyl (C=O) groups is 1. The third-order valence-electron chi connectivity index (χ3n) is 4.25. The number of carbonyl (C=O) groups excluding carboxylic acids is 1. The molecule has 2 aromatic rings. The highest BCUT2D eigenvalue weighted by Crippen LogP contribution is 2.22. The summed E-state index contributed by atoms with van der Waals surface area (Å²) in [4.78, 5) is 14.4. The zero-order valence-corrected chi connectivity index (χ0v) is 15.0. The van der Waals surface area contributed by atoms with Crippen LogP contribution in [0, 0.1) is 0 Å². The molecule has 0 aliphatic carbocycles. The molecule has 1 heterocycles. The molecule has 3 rings (SSSR count). The van der Waals surface area contributed by atoms with Gasteiger partial charge >= 0.3 is 0 Å². The van der Waals surface area contributed by atoms with Gasteiger partial charge in [0.15, 0.2) is 0 Å². The Balaban J connectivity index is 1.37. The molecule has 0 unspecified atom stereocenters. The van der Waals surface area contributed by atoms with Gasteiger partial charge in [-0.2, -0.15) is 0 Å². The Labute approximate surface area is 153 Å². The summed E-state index contributed by atoms with van der Waals surface area (Å²) in [5.41, 5.74) is 2.07. The first-order valence-corrected chi connectivity index (χ1v) is 9.12. The second-order valence-electron chi connectivity index (χ2n) is 6.20. The standard InChI is InChI=1S/C20H23ClN2O2/c21-16-5-11-19(12-6-16)25-15-3-4-20(24)22-17-7-9-18(10-8-17)23-13-1-2-14-23/h5-12H,1-4,13-15H2,(H,22,24). The van der Waals surface area contributed by atoms with Crippen LogP contribution in [0.3, 0.4) is 0 Å². The second-order valence-corrected chi connectivity index (χ2v) is 6.63. The fourth-order valence-corrected chi connectivity index (χ4v) is 3.03. The first-order chi connectivity index (χ1) is 12.2. The number of rotatable bonds is 7. The fourth-order valence-electron chi connectivity index (χ4n) is 2.91. The van der Waals surface area contributed by atoms with Crippen molar-refractivity contribution in [3.05, 3.63) is 53.6 Å². The molecule has 0 aromatic heterocycles. The lowest BCUT2D eigenvalue weighted by atomic mass is 10.2. The molecule has 1 fully saturated rings. The van der Waals surface area contributed by atoms with E-state index in [2.05, 4.69) is 22.3 Å². The molecule has 1 N–H and O–H groups in total. The van der Waals surface area contributed by atoms with Crippen LogP contribution >= 0.6 is 11.6 Å². The van der Waals surface area contributed by atoms with Crippen molar-refractivity contribution in [1.82, 2.24) is 0 Å². The van der Waals surface area contributed by atoms with Crippen LogP contribution in [0.2, 0.25) is 5.02 Å². The van der Waals surface area contributed by atoms with Gasteiger partial charge in [0.2, 0.25) is 5.91 Å². The summed E-state index contributed by atoms with van der Waals surface area (Å²) in [5.74, 6) is 0.774. The summed E-state index contributed by atoms with van der Waals surface area (Å²) in [5, 5.41) is 3.62. The first-order valence-electron chi connectivity index (χ1n) is 8.74. The van der Waals surface area contributed by atoms with E-state index in [9.17, 15) is 4.79 Å². The van der Waals surface area contributed by atoms with E-state index in [1.807, 2.05) is 24.3 Å². The number of nitrogens with one attached hydrogen (secondary N) is 1. The minimum Gasteiger partial charge on any atom is -0.494 e. The Bertz CT molecular complexity index is 680. The van der Waals surface area contributed by atoms with Crippen LogP contribution in [0.15, 0.2) is 48.5 Å². The van der Waals surface area contributed by atoms with Gasteiger partial charge in [-0.3, -0.25) is 4.79 Å². The van der Waals surface area contributed by atoms with Gasteiger partial charge in [0.25, 0.3) is 0 Å². The van der Waals surface area contributed by atoms with Crippen LogP contribution in [-0.2, 0) is 4.79 Å². The van der Waals surface area contributed by atoms with Crippen molar-refractivity contribution in [2.75, 3.05) is 29.9 Å². The molecule has 25 heavy (non-hydrogen) atoms. The van der Waals surface area contributed by atoms with Crippen molar-refractivity contribution in [2.24, 2.45) is 0 Å².